The lowest BCUT2D eigenvalue weighted by atomic mass is 9.75. The summed E-state index contributed by atoms with van der Waals surface area (Å²) in [7, 11) is -3.21. The molecule has 7 heteroatoms. The van der Waals surface area contributed by atoms with Gasteiger partial charge in [-0.15, -0.1) is 0 Å². The lowest BCUT2D eigenvalue weighted by molar-refractivity contribution is 0.217. The Morgan fingerprint density at radius 3 is 1.94 bits per heavy atom. The van der Waals surface area contributed by atoms with Crippen LogP contribution in [-0.2, 0) is 30.0 Å². The molecule has 6 nitrogen and oxygen atoms in total. The molecule has 0 saturated carbocycles. The minimum Gasteiger partial charge on any atom is -0.507 e. The molecular formula is C25H41N2O4P. The number of hydrogen-bond donors (Lipinski definition) is 3. The van der Waals surface area contributed by atoms with Crippen molar-refractivity contribution in [2.24, 2.45) is 0 Å². The highest BCUT2D eigenvalue weighted by Gasteiger charge is 2.35. The monoisotopic (exact) mass is 464 g/mol. The number of allylic oxidation sites excluding steroid dienone is 2. The minimum atomic E-state index is -3.21. The Kier molecular flexibility index (Phi) is 8.44. The fourth-order valence-corrected chi connectivity index (χ4v) is 5.29. The smallest absolute Gasteiger partial charge is 0.344 e. The van der Waals surface area contributed by atoms with Gasteiger partial charge < -0.3 is 24.8 Å². The molecule has 0 saturated heterocycles. The standard InChI is InChI=1S/C25H41N2O4P/c1-9-30-32(29,31-10-2)18-26-17-25(13-11-12-14-27-25)19-15-20(23(3,4)5)22(28)21(16-19)24(6,7)8/h11-16,26-28H,9-10,17-18H2,1-8H3. The van der Waals surface area contributed by atoms with E-state index in [-0.39, 0.29) is 17.1 Å². The molecule has 1 aromatic rings. The van der Waals surface area contributed by atoms with Crippen molar-refractivity contribution in [3.8, 4) is 5.75 Å². The van der Waals surface area contributed by atoms with Crippen LogP contribution in [0.2, 0.25) is 0 Å². The summed E-state index contributed by atoms with van der Waals surface area (Å²) >= 11 is 0. The Hall–Kier alpha value is -1.59. The second kappa shape index (κ2) is 10.1. The molecule has 0 spiro atoms. The van der Waals surface area contributed by atoms with E-state index in [0.29, 0.717) is 25.5 Å². The van der Waals surface area contributed by atoms with E-state index in [1.165, 1.54) is 0 Å². The summed E-state index contributed by atoms with van der Waals surface area (Å²) in [4.78, 5) is 0. The van der Waals surface area contributed by atoms with Crippen LogP contribution in [-0.4, -0.2) is 31.2 Å². The van der Waals surface area contributed by atoms with E-state index in [2.05, 4.69) is 70.4 Å². The first kappa shape index (κ1) is 26.7. The fraction of sp³-hybridized carbons (Fsp3) is 0.600. The molecule has 0 fully saturated rings. The first-order valence-corrected chi connectivity index (χ1v) is 13.1. The molecule has 0 amide bonds. The maximum atomic E-state index is 12.9. The maximum absolute atomic E-state index is 12.9. The fourth-order valence-electron chi connectivity index (χ4n) is 3.86. The number of phenolic OH excluding ortho intramolecular Hbond substituents is 1. The van der Waals surface area contributed by atoms with Gasteiger partial charge in [0.05, 0.1) is 25.0 Å². The van der Waals surface area contributed by atoms with Gasteiger partial charge in [-0.2, -0.15) is 0 Å². The zero-order valence-electron chi connectivity index (χ0n) is 20.9. The molecule has 1 aliphatic heterocycles. The van der Waals surface area contributed by atoms with Crippen LogP contribution in [0.15, 0.2) is 36.6 Å². The maximum Gasteiger partial charge on any atom is 0.344 e. The van der Waals surface area contributed by atoms with Crippen LogP contribution < -0.4 is 10.6 Å². The normalized spacial score (nSPS) is 19.2. The van der Waals surface area contributed by atoms with Gasteiger partial charge in [0.25, 0.3) is 0 Å². The highest BCUT2D eigenvalue weighted by Crippen LogP contribution is 2.47. The predicted octanol–water partition coefficient (Wildman–Crippen LogP) is 5.67. The molecular weight excluding hydrogens is 423 g/mol. The average Bonchev–Trinajstić information content (AvgIpc) is 2.67. The van der Waals surface area contributed by atoms with Gasteiger partial charge in [0.1, 0.15) is 5.75 Å². The van der Waals surface area contributed by atoms with Crippen molar-refractivity contribution in [1.82, 2.24) is 10.6 Å². The first-order chi connectivity index (χ1) is 14.8. The molecule has 0 aliphatic carbocycles. The van der Waals surface area contributed by atoms with Crippen molar-refractivity contribution >= 4 is 7.60 Å². The van der Waals surface area contributed by atoms with E-state index >= 15 is 0 Å². The van der Waals surface area contributed by atoms with Crippen LogP contribution in [0.5, 0.6) is 5.75 Å². The average molecular weight is 465 g/mol. The van der Waals surface area contributed by atoms with Crippen molar-refractivity contribution in [3.05, 3.63) is 53.3 Å². The number of hydrogen-bond acceptors (Lipinski definition) is 6. The molecule has 1 heterocycles. The molecule has 180 valence electrons. The molecule has 0 radical (unpaired) electrons. The second-order valence-electron chi connectivity index (χ2n) is 10.3. The SMILES string of the molecule is CCOP(=O)(CNCC1(c2cc(C(C)(C)C)c(O)c(C(C)(C)C)c2)C=CC=CN1)OCC. The second-order valence-corrected chi connectivity index (χ2v) is 12.3. The topological polar surface area (TPSA) is 79.8 Å². The quantitative estimate of drug-likeness (QED) is 0.409. The number of dihydropyridines is 1. The molecule has 1 aliphatic rings. The lowest BCUT2D eigenvalue weighted by Gasteiger charge is -2.37. The first-order valence-electron chi connectivity index (χ1n) is 11.4. The van der Waals surface area contributed by atoms with Crippen molar-refractivity contribution in [1.29, 1.82) is 0 Å². The van der Waals surface area contributed by atoms with E-state index < -0.39 is 13.1 Å². The van der Waals surface area contributed by atoms with Gasteiger partial charge in [-0.25, -0.2) is 0 Å². The minimum absolute atomic E-state index is 0.117. The summed E-state index contributed by atoms with van der Waals surface area (Å²) < 4.78 is 23.8. The van der Waals surface area contributed by atoms with E-state index in [1.54, 1.807) is 0 Å². The molecule has 3 N–H and O–H groups in total. The van der Waals surface area contributed by atoms with E-state index in [1.807, 2.05) is 32.2 Å². The number of nitrogens with one attached hydrogen (secondary N) is 2. The van der Waals surface area contributed by atoms with Crippen molar-refractivity contribution in [3.63, 3.8) is 0 Å². The number of aromatic hydroxyl groups is 1. The summed E-state index contributed by atoms with van der Waals surface area (Å²) in [5.74, 6) is 0.351. The summed E-state index contributed by atoms with van der Waals surface area (Å²) in [6.45, 7) is 17.4. The Balaban J connectivity index is 2.50. The Labute approximate surface area is 194 Å². The Bertz CT molecular complexity index is 851. The Morgan fingerprint density at radius 2 is 1.53 bits per heavy atom. The van der Waals surface area contributed by atoms with Crippen LogP contribution >= 0.6 is 7.60 Å². The van der Waals surface area contributed by atoms with Gasteiger partial charge in [-0.05, 0) is 65.8 Å². The van der Waals surface area contributed by atoms with E-state index in [4.69, 9.17) is 9.05 Å². The highest BCUT2D eigenvalue weighted by atomic mass is 31.2. The predicted molar refractivity (Wildman–Crippen MR) is 132 cm³/mol. The molecule has 0 aromatic heterocycles. The molecule has 2 rings (SSSR count). The summed E-state index contributed by atoms with van der Waals surface area (Å²) in [5, 5.41) is 17.9. The van der Waals surface area contributed by atoms with Gasteiger partial charge in [0.2, 0.25) is 0 Å². The summed E-state index contributed by atoms with van der Waals surface area (Å²) in [6, 6.07) is 4.15. The van der Waals surface area contributed by atoms with E-state index in [9.17, 15) is 9.67 Å². The van der Waals surface area contributed by atoms with Crippen molar-refractivity contribution < 1.29 is 18.7 Å². The molecule has 1 aromatic carbocycles. The Morgan fingerprint density at radius 1 is 1.00 bits per heavy atom. The highest BCUT2D eigenvalue weighted by molar-refractivity contribution is 7.53. The van der Waals surface area contributed by atoms with Gasteiger partial charge in [0, 0.05) is 6.54 Å². The number of rotatable bonds is 9. The zero-order chi connectivity index (χ0) is 24.2. The molecule has 0 bridgehead atoms. The van der Waals surface area contributed by atoms with Crippen LogP contribution in [0.4, 0.5) is 0 Å². The van der Waals surface area contributed by atoms with Crippen LogP contribution in [0, 0.1) is 0 Å². The molecule has 1 unspecified atom stereocenters. The third kappa shape index (κ3) is 6.26. The van der Waals surface area contributed by atoms with Crippen LogP contribution in [0.1, 0.15) is 72.1 Å². The van der Waals surface area contributed by atoms with Crippen LogP contribution in [0.3, 0.4) is 0 Å². The van der Waals surface area contributed by atoms with Crippen LogP contribution in [0.25, 0.3) is 0 Å². The lowest BCUT2D eigenvalue weighted by Crippen LogP contribution is -2.47. The largest absolute Gasteiger partial charge is 0.507 e. The van der Waals surface area contributed by atoms with Gasteiger partial charge in [-0.3, -0.25) is 4.57 Å². The zero-order valence-corrected chi connectivity index (χ0v) is 21.8. The van der Waals surface area contributed by atoms with Gasteiger partial charge >= 0.3 is 7.60 Å². The third-order valence-electron chi connectivity index (χ3n) is 5.53. The van der Waals surface area contributed by atoms with Gasteiger partial charge in [0.15, 0.2) is 0 Å². The van der Waals surface area contributed by atoms with Gasteiger partial charge in [-0.1, -0.05) is 53.7 Å². The van der Waals surface area contributed by atoms with E-state index in [0.717, 1.165) is 16.7 Å². The van der Waals surface area contributed by atoms with Crippen molar-refractivity contribution in [2.45, 2.75) is 71.8 Å². The summed E-state index contributed by atoms with van der Waals surface area (Å²) in [5.41, 5.74) is 1.79. The summed E-state index contributed by atoms with van der Waals surface area (Å²) in [6.07, 6.45) is 8.07. The number of benzene rings is 1. The molecule has 1 atom stereocenters. The molecule has 32 heavy (non-hydrogen) atoms. The van der Waals surface area contributed by atoms with Crippen molar-refractivity contribution in [2.75, 3.05) is 26.0 Å². The third-order valence-corrected chi connectivity index (χ3v) is 7.45. The number of phenols is 1.